The SMILES string of the molecule is COc1cc(N=c2c3c(n(O)c4cc5c(cc24)OCO5)CCC3O)cc(OC)c1OC. The molecule has 0 radical (unpaired) electrons. The molecule has 1 aliphatic carbocycles. The lowest BCUT2D eigenvalue weighted by Gasteiger charge is -2.15. The van der Waals surface area contributed by atoms with E-state index in [2.05, 4.69) is 0 Å². The molecule has 0 saturated carbocycles. The second-order valence-corrected chi connectivity index (χ2v) is 7.29. The van der Waals surface area contributed by atoms with Gasteiger partial charge in [-0.1, -0.05) is 0 Å². The number of fused-ring (bicyclic) bond motifs is 3. The third kappa shape index (κ3) is 2.92. The number of aromatic nitrogens is 1. The minimum atomic E-state index is -0.746. The van der Waals surface area contributed by atoms with Crippen molar-refractivity contribution < 1.29 is 34.0 Å². The van der Waals surface area contributed by atoms with Gasteiger partial charge in [0.15, 0.2) is 23.0 Å². The number of methoxy groups -OCH3 is 3. The summed E-state index contributed by atoms with van der Waals surface area (Å²) in [5, 5.41) is 22.7. The van der Waals surface area contributed by atoms with Crippen molar-refractivity contribution in [1.29, 1.82) is 0 Å². The molecule has 1 atom stereocenters. The molecule has 2 N–H and O–H groups in total. The Morgan fingerprint density at radius 1 is 1.00 bits per heavy atom. The van der Waals surface area contributed by atoms with E-state index >= 15 is 0 Å². The number of rotatable bonds is 4. The summed E-state index contributed by atoms with van der Waals surface area (Å²) >= 11 is 0. The first-order chi connectivity index (χ1) is 15.0. The maximum atomic E-state index is 10.9. The molecule has 0 saturated heterocycles. The summed E-state index contributed by atoms with van der Waals surface area (Å²) in [5.41, 5.74) is 2.27. The number of aliphatic hydroxyl groups excluding tert-OH is 1. The molecule has 2 aromatic carbocycles. The van der Waals surface area contributed by atoms with Gasteiger partial charge in [-0.15, -0.1) is 0 Å². The minimum absolute atomic E-state index is 0.110. The molecule has 2 aliphatic rings. The summed E-state index contributed by atoms with van der Waals surface area (Å²) in [6.45, 7) is 0.110. The van der Waals surface area contributed by atoms with Crippen LogP contribution >= 0.6 is 0 Å². The Hall–Kier alpha value is -3.59. The van der Waals surface area contributed by atoms with Gasteiger partial charge < -0.3 is 34.0 Å². The Bertz CT molecular complexity index is 1240. The number of ether oxygens (including phenoxy) is 5. The number of hydrogen-bond acceptors (Lipinski definition) is 8. The van der Waals surface area contributed by atoms with E-state index < -0.39 is 6.10 Å². The summed E-state index contributed by atoms with van der Waals surface area (Å²) in [4.78, 5) is 4.85. The van der Waals surface area contributed by atoms with Gasteiger partial charge in [-0.25, -0.2) is 4.99 Å². The van der Waals surface area contributed by atoms with E-state index in [4.69, 9.17) is 28.7 Å². The maximum Gasteiger partial charge on any atom is 0.231 e. The third-order valence-electron chi connectivity index (χ3n) is 5.67. The van der Waals surface area contributed by atoms with Crippen LogP contribution in [-0.4, -0.2) is 43.2 Å². The standard InChI is InChI=1S/C22H22N2O7/c1-27-18-6-11(7-19(28-2)22(18)29-3)23-21-12-8-16-17(31-10-30-16)9-14(12)24(26)13-4-5-15(25)20(13)21/h6-9,15,25-26H,4-5,10H2,1-3H3. The van der Waals surface area contributed by atoms with Crippen molar-refractivity contribution in [2.24, 2.45) is 4.99 Å². The van der Waals surface area contributed by atoms with Crippen LogP contribution in [0.2, 0.25) is 0 Å². The van der Waals surface area contributed by atoms with Crippen LogP contribution in [0, 0.1) is 0 Å². The van der Waals surface area contributed by atoms with Crippen LogP contribution in [0.1, 0.15) is 23.8 Å². The zero-order chi connectivity index (χ0) is 21.7. The van der Waals surface area contributed by atoms with Crippen LogP contribution in [0.25, 0.3) is 10.9 Å². The number of hydrogen-bond donors (Lipinski definition) is 2. The molecule has 0 bridgehead atoms. The van der Waals surface area contributed by atoms with Crippen LogP contribution in [0.4, 0.5) is 5.69 Å². The Morgan fingerprint density at radius 2 is 1.68 bits per heavy atom. The van der Waals surface area contributed by atoms with Crippen molar-refractivity contribution >= 4 is 16.6 Å². The molecule has 9 heteroatoms. The van der Waals surface area contributed by atoms with E-state index in [-0.39, 0.29) is 6.79 Å². The van der Waals surface area contributed by atoms with Crippen molar-refractivity contribution in [2.45, 2.75) is 18.9 Å². The number of nitrogens with zero attached hydrogens (tertiary/aromatic N) is 2. The lowest BCUT2D eigenvalue weighted by molar-refractivity contribution is 0.173. The molecule has 1 aliphatic heterocycles. The van der Waals surface area contributed by atoms with Gasteiger partial charge in [0.25, 0.3) is 0 Å². The summed E-state index contributed by atoms with van der Waals surface area (Å²) in [6.07, 6.45) is 0.273. The molecular formula is C22H22N2O7. The summed E-state index contributed by atoms with van der Waals surface area (Å²) in [7, 11) is 4.61. The second kappa shape index (κ2) is 7.28. The van der Waals surface area contributed by atoms with Gasteiger partial charge in [-0.3, -0.25) is 0 Å². The highest BCUT2D eigenvalue weighted by atomic mass is 16.7. The topological polar surface area (TPSA) is 104 Å². The zero-order valence-corrected chi connectivity index (χ0v) is 17.3. The van der Waals surface area contributed by atoms with Crippen molar-refractivity contribution in [3.8, 4) is 28.7 Å². The molecule has 5 rings (SSSR count). The highest BCUT2D eigenvalue weighted by molar-refractivity contribution is 5.84. The van der Waals surface area contributed by atoms with Gasteiger partial charge in [-0.2, -0.15) is 4.73 Å². The first-order valence-electron chi connectivity index (χ1n) is 9.79. The van der Waals surface area contributed by atoms with Crippen molar-refractivity contribution in [1.82, 2.24) is 4.73 Å². The molecular weight excluding hydrogens is 404 g/mol. The van der Waals surface area contributed by atoms with E-state index in [0.717, 1.165) is 4.73 Å². The number of pyridine rings is 1. The van der Waals surface area contributed by atoms with Crippen LogP contribution in [0.3, 0.4) is 0 Å². The minimum Gasteiger partial charge on any atom is -0.493 e. The van der Waals surface area contributed by atoms with E-state index in [1.54, 1.807) is 24.3 Å². The normalized spacial score (nSPS) is 17.2. The first-order valence-corrected chi connectivity index (χ1v) is 9.79. The van der Waals surface area contributed by atoms with E-state index in [9.17, 15) is 10.3 Å². The third-order valence-corrected chi connectivity index (χ3v) is 5.67. The zero-order valence-electron chi connectivity index (χ0n) is 17.3. The average Bonchev–Trinajstić information content (AvgIpc) is 3.41. The lowest BCUT2D eigenvalue weighted by atomic mass is 10.1. The van der Waals surface area contributed by atoms with Crippen LogP contribution < -0.4 is 29.0 Å². The van der Waals surface area contributed by atoms with Crippen LogP contribution in [-0.2, 0) is 6.42 Å². The van der Waals surface area contributed by atoms with Crippen molar-refractivity contribution in [3.05, 3.63) is 40.9 Å². The molecule has 1 aromatic heterocycles. The van der Waals surface area contributed by atoms with Crippen molar-refractivity contribution in [2.75, 3.05) is 28.1 Å². The molecule has 162 valence electrons. The monoisotopic (exact) mass is 426 g/mol. The molecule has 0 fully saturated rings. The molecule has 9 nitrogen and oxygen atoms in total. The van der Waals surface area contributed by atoms with Gasteiger partial charge >= 0.3 is 0 Å². The highest BCUT2D eigenvalue weighted by Gasteiger charge is 2.29. The predicted molar refractivity (Wildman–Crippen MR) is 110 cm³/mol. The van der Waals surface area contributed by atoms with Crippen LogP contribution in [0.15, 0.2) is 29.3 Å². The van der Waals surface area contributed by atoms with Gasteiger partial charge in [0.2, 0.25) is 12.5 Å². The Labute approximate surface area is 177 Å². The Kier molecular flexibility index (Phi) is 4.55. The summed E-state index contributed by atoms with van der Waals surface area (Å²) in [5.74, 6) is 2.50. The van der Waals surface area contributed by atoms with Gasteiger partial charge in [0.05, 0.1) is 49.7 Å². The maximum absolute atomic E-state index is 10.9. The second-order valence-electron chi connectivity index (χ2n) is 7.29. The fourth-order valence-electron chi connectivity index (χ4n) is 4.23. The largest absolute Gasteiger partial charge is 0.493 e. The molecule has 31 heavy (non-hydrogen) atoms. The van der Waals surface area contributed by atoms with Gasteiger partial charge in [0, 0.05) is 29.1 Å². The average molecular weight is 426 g/mol. The number of benzene rings is 2. The Morgan fingerprint density at radius 3 is 2.32 bits per heavy atom. The van der Waals surface area contributed by atoms with E-state index in [1.807, 2.05) is 0 Å². The van der Waals surface area contributed by atoms with E-state index in [0.29, 0.717) is 74.8 Å². The molecule has 1 unspecified atom stereocenters. The smallest absolute Gasteiger partial charge is 0.231 e. The quantitative estimate of drug-likeness (QED) is 0.618. The predicted octanol–water partition coefficient (Wildman–Crippen LogP) is 2.85. The first kappa shape index (κ1) is 19.4. The van der Waals surface area contributed by atoms with E-state index in [1.165, 1.54) is 21.3 Å². The lowest BCUT2D eigenvalue weighted by Crippen LogP contribution is -2.19. The molecule has 0 amide bonds. The summed E-state index contributed by atoms with van der Waals surface area (Å²) < 4.78 is 28.4. The molecule has 2 heterocycles. The van der Waals surface area contributed by atoms with Gasteiger partial charge in [-0.05, 0) is 18.9 Å². The fourth-order valence-corrected chi connectivity index (χ4v) is 4.23. The van der Waals surface area contributed by atoms with Gasteiger partial charge in [0.1, 0.15) is 0 Å². The fraction of sp³-hybridized carbons (Fsp3) is 0.318. The number of aliphatic hydroxyl groups is 1. The van der Waals surface area contributed by atoms with Crippen LogP contribution in [0.5, 0.6) is 28.7 Å². The molecule has 3 aromatic rings. The Balaban J connectivity index is 1.86. The summed E-state index contributed by atoms with van der Waals surface area (Å²) in [6, 6.07) is 6.95. The molecule has 0 spiro atoms. The highest BCUT2D eigenvalue weighted by Crippen LogP contribution is 2.42. The van der Waals surface area contributed by atoms with Crippen molar-refractivity contribution in [3.63, 3.8) is 0 Å².